The van der Waals surface area contributed by atoms with E-state index in [1.165, 1.54) is 27.5 Å². The van der Waals surface area contributed by atoms with Gasteiger partial charge < -0.3 is 0 Å². The molecule has 0 saturated carbocycles. The minimum absolute atomic E-state index is 1.21. The van der Waals surface area contributed by atoms with Gasteiger partial charge in [-0.05, 0) is 34.9 Å². The lowest BCUT2D eigenvalue weighted by molar-refractivity contribution is 1.29. The molecule has 0 aliphatic rings. The maximum atomic E-state index is 4.23. The zero-order chi connectivity index (χ0) is 11.7. The van der Waals surface area contributed by atoms with Crippen molar-refractivity contribution in [2.45, 2.75) is 6.92 Å². The van der Waals surface area contributed by atoms with E-state index in [-0.39, 0.29) is 0 Å². The van der Waals surface area contributed by atoms with Crippen LogP contribution in [0.4, 0.5) is 0 Å². The van der Waals surface area contributed by atoms with E-state index in [1.807, 2.05) is 12.4 Å². The van der Waals surface area contributed by atoms with Crippen molar-refractivity contribution in [3.63, 3.8) is 0 Å². The van der Waals surface area contributed by atoms with Crippen molar-refractivity contribution < 1.29 is 0 Å². The summed E-state index contributed by atoms with van der Waals surface area (Å²) < 4.78 is 0. The van der Waals surface area contributed by atoms with Gasteiger partial charge in [-0.25, -0.2) is 0 Å². The average Bonchev–Trinajstić information content (AvgIpc) is 2.39. The number of hydrogen-bond donors (Lipinski definition) is 0. The van der Waals surface area contributed by atoms with Gasteiger partial charge in [0.1, 0.15) is 0 Å². The number of pyridine rings is 1. The summed E-state index contributed by atoms with van der Waals surface area (Å²) in [4.78, 5) is 4.23. The molecule has 82 valence electrons. The fourth-order valence-electron chi connectivity index (χ4n) is 2.21. The highest BCUT2D eigenvalue weighted by atomic mass is 14.6. The molecule has 0 N–H and O–H groups in total. The molecule has 1 nitrogen and oxygen atoms in total. The van der Waals surface area contributed by atoms with Gasteiger partial charge in [-0.3, -0.25) is 4.98 Å². The van der Waals surface area contributed by atoms with Crippen LogP contribution in [0.2, 0.25) is 0 Å². The smallest absolute Gasteiger partial charge is 0.0349 e. The molecule has 0 aliphatic heterocycles. The first kappa shape index (κ1) is 10.0. The van der Waals surface area contributed by atoms with E-state index in [0.29, 0.717) is 0 Å². The molecule has 0 bridgehead atoms. The Balaban J connectivity index is 2.35. The maximum Gasteiger partial charge on any atom is 0.0349 e. The topological polar surface area (TPSA) is 12.9 Å². The van der Waals surface area contributed by atoms with Crippen LogP contribution in [0, 0.1) is 6.92 Å². The fraction of sp³-hybridized carbons (Fsp3) is 0.0625. The van der Waals surface area contributed by atoms with Crippen molar-refractivity contribution in [1.82, 2.24) is 4.98 Å². The van der Waals surface area contributed by atoms with E-state index in [4.69, 9.17) is 0 Å². The Bertz CT molecular complexity index is 666. The summed E-state index contributed by atoms with van der Waals surface area (Å²) in [6, 6.07) is 16.9. The van der Waals surface area contributed by atoms with E-state index in [9.17, 15) is 0 Å². The molecule has 1 heteroatoms. The van der Waals surface area contributed by atoms with Crippen molar-refractivity contribution in [1.29, 1.82) is 0 Å². The number of nitrogens with zero attached hydrogens (tertiary/aromatic N) is 1. The summed E-state index contributed by atoms with van der Waals surface area (Å²) in [7, 11) is 0. The van der Waals surface area contributed by atoms with Gasteiger partial charge in [-0.1, -0.05) is 42.5 Å². The first-order valence-electron chi connectivity index (χ1n) is 5.75. The Morgan fingerprint density at radius 2 is 1.65 bits per heavy atom. The molecule has 0 atom stereocenters. The summed E-state index contributed by atoms with van der Waals surface area (Å²) in [6.45, 7) is 2.12. The maximum absolute atomic E-state index is 4.23. The molecule has 0 amide bonds. The molecule has 3 rings (SSSR count). The first-order valence-corrected chi connectivity index (χ1v) is 5.75. The Morgan fingerprint density at radius 3 is 2.53 bits per heavy atom. The predicted octanol–water partition coefficient (Wildman–Crippen LogP) is 4.21. The van der Waals surface area contributed by atoms with E-state index in [0.717, 1.165) is 0 Å². The highest BCUT2D eigenvalue weighted by Gasteiger charge is 2.05. The van der Waals surface area contributed by atoms with Crippen LogP contribution < -0.4 is 0 Å². The van der Waals surface area contributed by atoms with E-state index in [2.05, 4.69) is 60.4 Å². The predicted molar refractivity (Wildman–Crippen MR) is 71.9 cm³/mol. The van der Waals surface area contributed by atoms with Gasteiger partial charge in [-0.2, -0.15) is 0 Å². The average molecular weight is 219 g/mol. The Hall–Kier alpha value is -2.15. The van der Waals surface area contributed by atoms with Crippen LogP contribution in [0.1, 0.15) is 5.56 Å². The van der Waals surface area contributed by atoms with Crippen LogP contribution in [0.15, 0.2) is 60.9 Å². The Morgan fingerprint density at radius 1 is 0.824 bits per heavy atom. The van der Waals surface area contributed by atoms with Crippen LogP contribution in [-0.2, 0) is 0 Å². The number of aryl methyl sites for hydroxylation is 1. The highest BCUT2D eigenvalue weighted by molar-refractivity contribution is 5.97. The number of hydrogen-bond acceptors (Lipinski definition) is 1. The normalized spacial score (nSPS) is 10.6. The summed E-state index contributed by atoms with van der Waals surface area (Å²) in [5, 5.41) is 2.55. The lowest BCUT2D eigenvalue weighted by Crippen LogP contribution is -1.86. The van der Waals surface area contributed by atoms with Gasteiger partial charge in [0, 0.05) is 18.0 Å². The molecule has 2 aromatic carbocycles. The van der Waals surface area contributed by atoms with Gasteiger partial charge in [-0.15, -0.1) is 0 Å². The van der Waals surface area contributed by atoms with Gasteiger partial charge in [0.25, 0.3) is 0 Å². The third-order valence-electron chi connectivity index (χ3n) is 3.12. The zero-order valence-corrected chi connectivity index (χ0v) is 9.72. The Labute approximate surface area is 101 Å². The molecular weight excluding hydrogens is 206 g/mol. The van der Waals surface area contributed by atoms with Crippen LogP contribution in [0.5, 0.6) is 0 Å². The molecule has 1 aromatic heterocycles. The highest BCUT2D eigenvalue weighted by Crippen LogP contribution is 2.29. The van der Waals surface area contributed by atoms with Crippen LogP contribution in [-0.4, -0.2) is 4.98 Å². The van der Waals surface area contributed by atoms with E-state index in [1.54, 1.807) is 0 Å². The SMILES string of the molecule is Cc1ccncc1-c1cccc2ccccc12. The van der Waals surface area contributed by atoms with Crippen LogP contribution >= 0.6 is 0 Å². The summed E-state index contributed by atoms with van der Waals surface area (Å²) in [6.07, 6.45) is 3.78. The molecule has 0 aliphatic carbocycles. The van der Waals surface area contributed by atoms with Crippen molar-refractivity contribution in [2.24, 2.45) is 0 Å². The second-order valence-corrected chi connectivity index (χ2v) is 4.22. The third-order valence-corrected chi connectivity index (χ3v) is 3.12. The van der Waals surface area contributed by atoms with Crippen molar-refractivity contribution in [3.05, 3.63) is 66.5 Å². The number of rotatable bonds is 1. The van der Waals surface area contributed by atoms with Crippen LogP contribution in [0.25, 0.3) is 21.9 Å². The van der Waals surface area contributed by atoms with Gasteiger partial charge in [0.2, 0.25) is 0 Å². The molecule has 1 heterocycles. The minimum Gasteiger partial charge on any atom is -0.264 e. The fourth-order valence-corrected chi connectivity index (χ4v) is 2.21. The quantitative estimate of drug-likeness (QED) is 0.597. The van der Waals surface area contributed by atoms with Crippen molar-refractivity contribution in [2.75, 3.05) is 0 Å². The van der Waals surface area contributed by atoms with E-state index >= 15 is 0 Å². The lowest BCUT2D eigenvalue weighted by Gasteiger charge is -2.08. The van der Waals surface area contributed by atoms with Gasteiger partial charge >= 0.3 is 0 Å². The Kier molecular flexibility index (Phi) is 2.37. The summed E-state index contributed by atoms with van der Waals surface area (Å²) >= 11 is 0. The second kappa shape index (κ2) is 4.02. The van der Waals surface area contributed by atoms with E-state index < -0.39 is 0 Å². The zero-order valence-electron chi connectivity index (χ0n) is 9.72. The largest absolute Gasteiger partial charge is 0.264 e. The minimum atomic E-state index is 1.21. The molecule has 0 fully saturated rings. The summed E-state index contributed by atoms with van der Waals surface area (Å²) in [5.74, 6) is 0. The molecular formula is C16H13N. The molecule has 0 spiro atoms. The molecule has 17 heavy (non-hydrogen) atoms. The van der Waals surface area contributed by atoms with Crippen molar-refractivity contribution in [3.8, 4) is 11.1 Å². The van der Waals surface area contributed by atoms with Gasteiger partial charge in [0.15, 0.2) is 0 Å². The summed E-state index contributed by atoms with van der Waals surface area (Å²) in [5.41, 5.74) is 3.73. The number of benzene rings is 2. The monoisotopic (exact) mass is 219 g/mol. The number of fused-ring (bicyclic) bond motifs is 1. The van der Waals surface area contributed by atoms with Crippen molar-refractivity contribution >= 4 is 10.8 Å². The third kappa shape index (κ3) is 1.70. The number of aromatic nitrogens is 1. The molecule has 3 aromatic rings. The molecule has 0 saturated heterocycles. The molecule has 0 radical (unpaired) electrons. The molecule has 0 unspecified atom stereocenters. The van der Waals surface area contributed by atoms with Gasteiger partial charge in [0.05, 0.1) is 0 Å². The first-order chi connectivity index (χ1) is 8.36. The lowest BCUT2D eigenvalue weighted by atomic mass is 9.97. The standard InChI is InChI=1S/C16H13N/c1-12-9-10-17-11-16(12)15-8-4-6-13-5-2-3-7-14(13)15/h2-11H,1H3. The second-order valence-electron chi connectivity index (χ2n) is 4.22. The van der Waals surface area contributed by atoms with Crippen LogP contribution in [0.3, 0.4) is 0 Å².